The number of hydrogen-bond donors (Lipinski definition) is 2. The molecule has 2 N–H and O–H groups in total. The van der Waals surface area contributed by atoms with Crippen molar-refractivity contribution in [3.63, 3.8) is 0 Å². The maximum Gasteiger partial charge on any atom is 0.259 e. The van der Waals surface area contributed by atoms with E-state index in [0.717, 1.165) is 12.8 Å². The number of amides is 2. The molecule has 0 aliphatic heterocycles. The molecule has 10 heteroatoms. The highest BCUT2D eigenvalue weighted by Gasteiger charge is 2.13. The van der Waals surface area contributed by atoms with Gasteiger partial charge in [-0.3, -0.25) is 9.59 Å². The number of hydrazone groups is 1. The Kier molecular flexibility index (Phi) is 10.5. The van der Waals surface area contributed by atoms with Crippen LogP contribution in [-0.2, 0) is 4.79 Å². The average molecular weight is 522 g/mol. The standard InChI is InChI=1S/C23H28BrN3O6/c1-5-6-9-33-22-17(24)10-15(11-20(22)32-4)13-26-27-21(28)14-25-23(29)16-7-8-18(30-2)19(12-16)31-3/h7-8,10-13H,5-6,9,14H2,1-4H3,(H,25,29)(H,27,28). The molecule has 2 aromatic carbocycles. The second kappa shape index (κ2) is 13.3. The molecule has 9 nitrogen and oxygen atoms in total. The van der Waals surface area contributed by atoms with E-state index in [4.69, 9.17) is 18.9 Å². The third kappa shape index (κ3) is 7.67. The number of rotatable bonds is 12. The molecule has 0 aliphatic carbocycles. The Labute approximate surface area is 201 Å². The van der Waals surface area contributed by atoms with Gasteiger partial charge in [-0.25, -0.2) is 5.43 Å². The zero-order chi connectivity index (χ0) is 24.2. The average Bonchev–Trinajstić information content (AvgIpc) is 2.83. The molecule has 0 aromatic heterocycles. The molecule has 178 valence electrons. The Bertz CT molecular complexity index is 996. The minimum atomic E-state index is -0.481. The number of unbranched alkanes of at least 4 members (excludes halogenated alkanes) is 1. The van der Waals surface area contributed by atoms with Crippen LogP contribution in [0.4, 0.5) is 0 Å². The number of ether oxygens (including phenoxy) is 4. The van der Waals surface area contributed by atoms with Crippen molar-refractivity contribution in [1.82, 2.24) is 10.7 Å². The minimum absolute atomic E-state index is 0.248. The molecule has 0 fully saturated rings. The lowest BCUT2D eigenvalue weighted by atomic mass is 10.2. The fourth-order valence-electron chi connectivity index (χ4n) is 2.73. The number of halogens is 1. The van der Waals surface area contributed by atoms with E-state index in [9.17, 15) is 9.59 Å². The molecule has 0 bridgehead atoms. The van der Waals surface area contributed by atoms with Crippen molar-refractivity contribution in [1.29, 1.82) is 0 Å². The van der Waals surface area contributed by atoms with E-state index in [-0.39, 0.29) is 6.54 Å². The van der Waals surface area contributed by atoms with Crippen molar-refractivity contribution in [3.8, 4) is 23.0 Å². The van der Waals surface area contributed by atoms with Crippen LogP contribution in [0, 0.1) is 0 Å². The summed E-state index contributed by atoms with van der Waals surface area (Å²) in [6, 6.07) is 8.28. The number of nitrogens with one attached hydrogen (secondary N) is 2. The van der Waals surface area contributed by atoms with Gasteiger partial charge in [0.1, 0.15) is 0 Å². The number of carbonyl (C=O) groups is 2. The van der Waals surface area contributed by atoms with E-state index >= 15 is 0 Å². The molecule has 0 radical (unpaired) electrons. The van der Waals surface area contributed by atoms with Gasteiger partial charge in [-0.1, -0.05) is 13.3 Å². The lowest BCUT2D eigenvalue weighted by Crippen LogP contribution is -2.34. The van der Waals surface area contributed by atoms with Crippen molar-refractivity contribution >= 4 is 34.0 Å². The molecule has 2 amide bonds. The molecule has 0 saturated heterocycles. The van der Waals surface area contributed by atoms with E-state index in [1.807, 2.05) is 0 Å². The number of methoxy groups -OCH3 is 3. The van der Waals surface area contributed by atoms with E-state index in [2.05, 4.69) is 38.7 Å². The number of nitrogens with zero attached hydrogens (tertiary/aromatic N) is 1. The van der Waals surface area contributed by atoms with Crippen LogP contribution in [-0.4, -0.2) is 52.5 Å². The Morgan fingerprint density at radius 1 is 1.03 bits per heavy atom. The number of carbonyl (C=O) groups excluding carboxylic acids is 2. The molecule has 2 aromatic rings. The van der Waals surface area contributed by atoms with Gasteiger partial charge in [-0.2, -0.15) is 5.10 Å². The third-order valence-electron chi connectivity index (χ3n) is 4.45. The first kappa shape index (κ1) is 26.0. The maximum atomic E-state index is 12.3. The molecule has 0 atom stereocenters. The van der Waals surface area contributed by atoms with E-state index in [1.165, 1.54) is 26.5 Å². The predicted molar refractivity (Wildman–Crippen MR) is 129 cm³/mol. The first-order valence-corrected chi connectivity index (χ1v) is 11.0. The second-order valence-electron chi connectivity index (χ2n) is 6.78. The fourth-order valence-corrected chi connectivity index (χ4v) is 3.31. The van der Waals surface area contributed by atoms with Crippen LogP contribution in [0.2, 0.25) is 0 Å². The van der Waals surface area contributed by atoms with E-state index < -0.39 is 11.8 Å². The zero-order valence-electron chi connectivity index (χ0n) is 19.1. The summed E-state index contributed by atoms with van der Waals surface area (Å²) in [5, 5.41) is 6.46. The highest BCUT2D eigenvalue weighted by atomic mass is 79.9. The van der Waals surface area contributed by atoms with Crippen molar-refractivity contribution in [2.24, 2.45) is 5.10 Å². The van der Waals surface area contributed by atoms with Crippen LogP contribution in [0.15, 0.2) is 39.9 Å². The Balaban J connectivity index is 1.92. The highest BCUT2D eigenvalue weighted by molar-refractivity contribution is 9.10. The summed E-state index contributed by atoms with van der Waals surface area (Å²) < 4.78 is 22.2. The molecule has 0 unspecified atom stereocenters. The van der Waals surface area contributed by atoms with Gasteiger partial charge >= 0.3 is 0 Å². The topological polar surface area (TPSA) is 107 Å². The fraction of sp³-hybridized carbons (Fsp3) is 0.348. The number of hydrogen-bond acceptors (Lipinski definition) is 7. The summed E-state index contributed by atoms with van der Waals surface area (Å²) >= 11 is 3.48. The lowest BCUT2D eigenvalue weighted by Gasteiger charge is -2.13. The van der Waals surface area contributed by atoms with Crippen molar-refractivity contribution < 1.29 is 28.5 Å². The van der Waals surface area contributed by atoms with Gasteiger partial charge in [-0.05, 0) is 58.2 Å². The molecular weight excluding hydrogens is 494 g/mol. The molecule has 0 saturated carbocycles. The summed E-state index contributed by atoms with van der Waals surface area (Å²) in [4.78, 5) is 24.3. The van der Waals surface area contributed by atoms with Gasteiger partial charge in [0, 0.05) is 5.56 Å². The van der Waals surface area contributed by atoms with Crippen molar-refractivity contribution in [2.45, 2.75) is 19.8 Å². The van der Waals surface area contributed by atoms with Crippen molar-refractivity contribution in [2.75, 3.05) is 34.5 Å². The molecule has 0 heterocycles. The molecule has 33 heavy (non-hydrogen) atoms. The van der Waals surface area contributed by atoms with Crippen LogP contribution in [0.1, 0.15) is 35.7 Å². The third-order valence-corrected chi connectivity index (χ3v) is 5.04. The smallest absolute Gasteiger partial charge is 0.259 e. The Morgan fingerprint density at radius 3 is 2.42 bits per heavy atom. The van der Waals surface area contributed by atoms with Gasteiger partial charge in [0.05, 0.1) is 45.2 Å². The monoisotopic (exact) mass is 521 g/mol. The predicted octanol–water partition coefficient (Wildman–Crippen LogP) is 3.53. The maximum absolute atomic E-state index is 12.3. The van der Waals surface area contributed by atoms with Crippen LogP contribution in [0.3, 0.4) is 0 Å². The van der Waals surface area contributed by atoms with Crippen molar-refractivity contribution in [3.05, 3.63) is 45.9 Å². The van der Waals surface area contributed by atoms with Crippen LogP contribution in [0.5, 0.6) is 23.0 Å². The van der Waals surface area contributed by atoms with Crippen LogP contribution < -0.4 is 29.7 Å². The molecule has 0 aliphatic rings. The van der Waals surface area contributed by atoms with Gasteiger partial charge in [0.25, 0.3) is 11.8 Å². The summed E-state index contributed by atoms with van der Waals surface area (Å²) in [5.41, 5.74) is 3.40. The minimum Gasteiger partial charge on any atom is -0.493 e. The first-order valence-electron chi connectivity index (χ1n) is 10.3. The Morgan fingerprint density at radius 2 is 1.76 bits per heavy atom. The van der Waals surface area contributed by atoms with E-state index in [1.54, 1.807) is 31.4 Å². The van der Waals surface area contributed by atoms with Crippen LogP contribution >= 0.6 is 15.9 Å². The van der Waals surface area contributed by atoms with Gasteiger partial charge < -0.3 is 24.3 Å². The summed E-state index contributed by atoms with van der Waals surface area (Å²) in [6.45, 7) is 2.43. The number of benzene rings is 2. The van der Waals surface area contributed by atoms with E-state index in [0.29, 0.717) is 45.2 Å². The molecule has 2 rings (SSSR count). The Hall–Kier alpha value is -3.27. The van der Waals surface area contributed by atoms with Gasteiger partial charge in [0.15, 0.2) is 23.0 Å². The quantitative estimate of drug-likeness (QED) is 0.251. The zero-order valence-corrected chi connectivity index (χ0v) is 20.7. The second-order valence-corrected chi connectivity index (χ2v) is 7.64. The molecular formula is C23H28BrN3O6. The first-order chi connectivity index (χ1) is 15.9. The highest BCUT2D eigenvalue weighted by Crippen LogP contribution is 2.36. The normalized spacial score (nSPS) is 10.6. The lowest BCUT2D eigenvalue weighted by molar-refractivity contribution is -0.120. The van der Waals surface area contributed by atoms with Crippen LogP contribution in [0.25, 0.3) is 0 Å². The summed E-state index contributed by atoms with van der Waals surface area (Å²) in [5.74, 6) is 1.18. The van der Waals surface area contributed by atoms with Gasteiger partial charge in [-0.15, -0.1) is 0 Å². The van der Waals surface area contributed by atoms with Gasteiger partial charge in [0.2, 0.25) is 0 Å². The molecule has 0 spiro atoms. The summed E-state index contributed by atoms with van der Waals surface area (Å²) in [6.07, 6.45) is 3.43. The largest absolute Gasteiger partial charge is 0.493 e. The summed E-state index contributed by atoms with van der Waals surface area (Å²) in [7, 11) is 4.54. The SMILES string of the molecule is CCCCOc1c(Br)cc(C=NNC(=O)CNC(=O)c2ccc(OC)c(OC)c2)cc1OC.